The van der Waals surface area contributed by atoms with Crippen molar-refractivity contribution in [1.82, 2.24) is 4.31 Å². The van der Waals surface area contributed by atoms with Gasteiger partial charge in [0.05, 0.1) is 29.5 Å². The van der Waals surface area contributed by atoms with Crippen LogP contribution in [0.5, 0.6) is 0 Å². The summed E-state index contributed by atoms with van der Waals surface area (Å²) < 4.78 is 30.7. The molecule has 0 aromatic heterocycles. The summed E-state index contributed by atoms with van der Waals surface area (Å²) in [6.45, 7) is -0.568. The van der Waals surface area contributed by atoms with E-state index in [0.29, 0.717) is 9.99 Å². The molecule has 0 saturated carbocycles. The number of sulfonamides is 1. The molecule has 0 aliphatic carbocycles. The van der Waals surface area contributed by atoms with Crippen LogP contribution < -0.4 is 5.32 Å². The van der Waals surface area contributed by atoms with E-state index in [2.05, 4.69) is 5.32 Å². The fraction of sp³-hybridized carbons (Fsp3) is 0.211. The highest BCUT2D eigenvalue weighted by Crippen LogP contribution is 2.36. The molecule has 150 valence electrons. The third kappa shape index (κ3) is 3.60. The molecule has 0 spiro atoms. The summed E-state index contributed by atoms with van der Waals surface area (Å²) in [5.41, 5.74) is 0.803. The number of fused-ring (bicyclic) bond motifs is 2. The topological polar surface area (TPSA) is 110 Å². The van der Waals surface area contributed by atoms with Gasteiger partial charge in [-0.05, 0) is 24.3 Å². The minimum absolute atomic E-state index is 0.0507. The van der Waals surface area contributed by atoms with Crippen molar-refractivity contribution >= 4 is 45.3 Å². The molecular formula is C19H16N2O6S2. The lowest BCUT2D eigenvalue weighted by atomic mass is 10.2. The van der Waals surface area contributed by atoms with Crippen LogP contribution in [0.1, 0.15) is 16.8 Å². The summed E-state index contributed by atoms with van der Waals surface area (Å²) in [7, 11) is -3.94. The molecule has 2 aliphatic rings. The average Bonchev–Trinajstić information content (AvgIpc) is 2.89. The van der Waals surface area contributed by atoms with Crippen LogP contribution in [-0.2, 0) is 24.3 Å². The Balaban J connectivity index is 1.33. The van der Waals surface area contributed by atoms with Gasteiger partial charge in [0.2, 0.25) is 5.91 Å². The maximum Gasteiger partial charge on any atom is 0.307 e. The van der Waals surface area contributed by atoms with Crippen molar-refractivity contribution in [2.24, 2.45) is 0 Å². The Morgan fingerprint density at radius 1 is 1.10 bits per heavy atom. The lowest BCUT2D eigenvalue weighted by molar-refractivity contribution is -0.144. The van der Waals surface area contributed by atoms with Crippen molar-refractivity contribution in [2.75, 3.05) is 18.5 Å². The van der Waals surface area contributed by atoms with Crippen molar-refractivity contribution in [2.45, 2.75) is 21.5 Å². The number of hydrogen-bond donors (Lipinski definition) is 1. The second kappa shape index (κ2) is 7.53. The van der Waals surface area contributed by atoms with Crippen molar-refractivity contribution in [3.63, 3.8) is 0 Å². The molecule has 8 nitrogen and oxygen atoms in total. The van der Waals surface area contributed by atoms with E-state index in [1.807, 2.05) is 12.1 Å². The maximum atomic E-state index is 12.5. The van der Waals surface area contributed by atoms with E-state index in [0.717, 1.165) is 4.90 Å². The largest absolute Gasteiger partial charge is 0.464 e. The first kappa shape index (κ1) is 19.5. The Kier molecular flexibility index (Phi) is 5.05. The second-order valence-electron chi connectivity index (χ2n) is 6.39. The average molecular weight is 432 g/mol. The molecule has 0 unspecified atom stereocenters. The molecule has 10 heteroatoms. The number of benzene rings is 2. The van der Waals surface area contributed by atoms with Gasteiger partial charge in [0, 0.05) is 4.90 Å². The molecule has 2 aromatic carbocycles. The molecule has 29 heavy (non-hydrogen) atoms. The van der Waals surface area contributed by atoms with E-state index < -0.39 is 27.1 Å². The Morgan fingerprint density at radius 2 is 1.83 bits per heavy atom. The lowest BCUT2D eigenvalue weighted by Crippen LogP contribution is -2.35. The van der Waals surface area contributed by atoms with Crippen LogP contribution in [0.4, 0.5) is 5.69 Å². The van der Waals surface area contributed by atoms with Gasteiger partial charge in [0.1, 0.15) is 11.5 Å². The third-order valence-corrected chi connectivity index (χ3v) is 7.64. The van der Waals surface area contributed by atoms with E-state index in [1.54, 1.807) is 18.2 Å². The van der Waals surface area contributed by atoms with Crippen LogP contribution in [-0.4, -0.2) is 48.9 Å². The van der Waals surface area contributed by atoms with Gasteiger partial charge in [0.15, 0.2) is 0 Å². The highest BCUT2D eigenvalue weighted by Gasteiger charge is 2.40. The first-order valence-corrected chi connectivity index (χ1v) is 11.1. The maximum absolute atomic E-state index is 12.5. The van der Waals surface area contributed by atoms with Gasteiger partial charge in [-0.1, -0.05) is 24.3 Å². The zero-order valence-corrected chi connectivity index (χ0v) is 16.7. The molecule has 2 aliphatic heterocycles. The Morgan fingerprint density at radius 3 is 2.62 bits per heavy atom. The summed E-state index contributed by atoms with van der Waals surface area (Å²) >= 11 is 1.27. The molecule has 0 saturated heterocycles. The predicted octanol–water partition coefficient (Wildman–Crippen LogP) is 1.88. The highest BCUT2D eigenvalue weighted by molar-refractivity contribution is 8.01. The summed E-state index contributed by atoms with van der Waals surface area (Å²) in [4.78, 5) is 37.4. The van der Waals surface area contributed by atoms with Crippen molar-refractivity contribution in [3.05, 3.63) is 54.1 Å². The van der Waals surface area contributed by atoms with Crippen LogP contribution in [0, 0.1) is 0 Å². The summed E-state index contributed by atoms with van der Waals surface area (Å²) in [6, 6.07) is 13.2. The van der Waals surface area contributed by atoms with Crippen molar-refractivity contribution < 1.29 is 27.5 Å². The summed E-state index contributed by atoms with van der Waals surface area (Å²) in [6.07, 6.45) is -0.161. The van der Waals surface area contributed by atoms with Crippen LogP contribution >= 0.6 is 11.8 Å². The number of para-hydroxylation sites is 1. The molecule has 2 amide bonds. The molecular weight excluding hydrogens is 416 g/mol. The zero-order chi connectivity index (χ0) is 20.6. The number of hydrogen-bond acceptors (Lipinski definition) is 7. The van der Waals surface area contributed by atoms with Crippen molar-refractivity contribution in [1.29, 1.82) is 0 Å². The number of esters is 1. The van der Waals surface area contributed by atoms with Crippen LogP contribution in [0.3, 0.4) is 0 Å². The quantitative estimate of drug-likeness (QED) is 0.719. The standard InChI is InChI=1S/C19H16N2O6S2/c22-17(11-15-18(23)20-13-6-2-3-7-14(13)28-15)27-10-9-21-19(24)12-5-1-4-8-16(12)29(21,25)26/h1-8,15H,9-11H2,(H,20,23)/t15-/m0/s1. The predicted molar refractivity (Wildman–Crippen MR) is 105 cm³/mol. The lowest BCUT2D eigenvalue weighted by Gasteiger charge is -2.23. The number of thioether (sulfide) groups is 1. The van der Waals surface area contributed by atoms with Gasteiger partial charge in [-0.2, -0.15) is 0 Å². The van der Waals surface area contributed by atoms with E-state index in [9.17, 15) is 22.8 Å². The Bertz CT molecular complexity index is 1120. The molecule has 0 fully saturated rings. The fourth-order valence-electron chi connectivity index (χ4n) is 3.13. The first-order chi connectivity index (χ1) is 13.9. The molecule has 4 rings (SSSR count). The van der Waals surface area contributed by atoms with Crippen LogP contribution in [0.15, 0.2) is 58.3 Å². The molecule has 1 atom stereocenters. The Labute approximate surface area is 171 Å². The van der Waals surface area contributed by atoms with Gasteiger partial charge < -0.3 is 10.1 Å². The van der Waals surface area contributed by atoms with Crippen molar-refractivity contribution in [3.8, 4) is 0 Å². The molecule has 0 bridgehead atoms. The number of anilines is 1. The zero-order valence-electron chi connectivity index (χ0n) is 15.0. The molecule has 2 heterocycles. The van der Waals surface area contributed by atoms with Gasteiger partial charge >= 0.3 is 5.97 Å². The minimum atomic E-state index is -3.94. The van der Waals surface area contributed by atoms with E-state index >= 15 is 0 Å². The monoisotopic (exact) mass is 432 g/mol. The minimum Gasteiger partial charge on any atom is -0.464 e. The van der Waals surface area contributed by atoms with Gasteiger partial charge in [-0.3, -0.25) is 14.4 Å². The smallest absolute Gasteiger partial charge is 0.307 e. The van der Waals surface area contributed by atoms with E-state index in [4.69, 9.17) is 4.74 Å². The number of amides is 2. The SMILES string of the molecule is O=C(C[C@@H]1Sc2ccccc2NC1=O)OCCN1C(=O)c2ccccc2S1(=O)=O. The molecule has 2 aromatic rings. The number of carbonyl (C=O) groups is 3. The van der Waals surface area contributed by atoms with Crippen LogP contribution in [0.2, 0.25) is 0 Å². The number of rotatable bonds is 5. The van der Waals surface area contributed by atoms with E-state index in [1.165, 1.54) is 30.0 Å². The number of ether oxygens (including phenoxy) is 1. The number of nitrogens with zero attached hydrogens (tertiary/aromatic N) is 1. The normalized spacial score (nSPS) is 19.3. The molecule has 1 N–H and O–H groups in total. The highest BCUT2D eigenvalue weighted by atomic mass is 32.2. The number of carbonyl (C=O) groups excluding carboxylic acids is 3. The van der Waals surface area contributed by atoms with Gasteiger partial charge in [-0.25, -0.2) is 12.7 Å². The van der Waals surface area contributed by atoms with Gasteiger partial charge in [-0.15, -0.1) is 11.8 Å². The third-order valence-electron chi connectivity index (χ3n) is 4.53. The number of nitrogens with one attached hydrogen (secondary N) is 1. The van der Waals surface area contributed by atoms with Gasteiger partial charge in [0.25, 0.3) is 15.9 Å². The molecule has 0 radical (unpaired) electrons. The summed E-state index contributed by atoms with van der Waals surface area (Å²) in [5, 5.41) is 2.10. The summed E-state index contributed by atoms with van der Waals surface area (Å²) in [5.74, 6) is -1.58. The van der Waals surface area contributed by atoms with Crippen LogP contribution in [0.25, 0.3) is 0 Å². The Hall–Kier alpha value is -2.85. The first-order valence-electron chi connectivity index (χ1n) is 8.76. The van der Waals surface area contributed by atoms with E-state index in [-0.39, 0.29) is 35.9 Å². The fourth-order valence-corrected chi connectivity index (χ4v) is 5.78. The second-order valence-corrected chi connectivity index (χ2v) is 9.47.